The zero-order valence-corrected chi connectivity index (χ0v) is 10.2. The monoisotopic (exact) mass is 236 g/mol. The molecule has 0 radical (unpaired) electrons. The first-order valence-electron chi connectivity index (χ1n) is 5.53. The summed E-state index contributed by atoms with van der Waals surface area (Å²) in [5.74, 6) is -0.431. The summed E-state index contributed by atoms with van der Waals surface area (Å²) in [7, 11) is 0. The van der Waals surface area contributed by atoms with Crippen LogP contribution in [0.15, 0.2) is 24.3 Å². The van der Waals surface area contributed by atoms with Crippen molar-refractivity contribution in [3.8, 4) is 5.75 Å². The van der Waals surface area contributed by atoms with E-state index in [1.165, 1.54) is 0 Å². The van der Waals surface area contributed by atoms with E-state index in [4.69, 9.17) is 9.47 Å². The minimum Gasteiger partial charge on any atom is -0.462 e. The lowest BCUT2D eigenvalue weighted by Crippen LogP contribution is -2.14. The molecule has 0 atom stereocenters. The molecule has 0 bridgehead atoms. The number of hydrogen-bond acceptors (Lipinski definition) is 4. The van der Waals surface area contributed by atoms with Gasteiger partial charge in [0.2, 0.25) is 0 Å². The minimum atomic E-state index is -0.380. The Morgan fingerprint density at radius 3 is 2.24 bits per heavy atom. The van der Waals surface area contributed by atoms with Gasteiger partial charge in [0, 0.05) is 0 Å². The predicted octanol–water partition coefficient (Wildman–Crippen LogP) is 2.42. The van der Waals surface area contributed by atoms with E-state index in [0.29, 0.717) is 17.9 Å². The number of rotatable bonds is 4. The molecule has 0 unspecified atom stereocenters. The molecule has 0 saturated heterocycles. The van der Waals surface area contributed by atoms with E-state index in [9.17, 15) is 9.59 Å². The topological polar surface area (TPSA) is 52.6 Å². The van der Waals surface area contributed by atoms with Crippen LogP contribution in [0.4, 0.5) is 0 Å². The number of carbonyl (C=O) groups excluding carboxylic acids is 2. The standard InChI is InChI=1S/C13H16O4/c1-4-16-13(15)10-5-7-11(8-6-10)17-12(14)9(2)3/h5-9H,4H2,1-3H3. The molecule has 0 amide bonds. The summed E-state index contributed by atoms with van der Waals surface area (Å²) in [6.07, 6.45) is 0. The first kappa shape index (κ1) is 13.2. The van der Waals surface area contributed by atoms with Crippen molar-refractivity contribution in [2.45, 2.75) is 20.8 Å². The lowest BCUT2D eigenvalue weighted by Gasteiger charge is -2.07. The highest BCUT2D eigenvalue weighted by molar-refractivity contribution is 5.89. The van der Waals surface area contributed by atoms with Gasteiger partial charge in [-0.2, -0.15) is 0 Å². The molecular formula is C13H16O4. The zero-order chi connectivity index (χ0) is 12.8. The average Bonchev–Trinajstić information content (AvgIpc) is 2.30. The molecule has 0 fully saturated rings. The molecule has 0 aliphatic carbocycles. The first-order valence-corrected chi connectivity index (χ1v) is 5.53. The molecule has 0 saturated carbocycles. The van der Waals surface area contributed by atoms with Crippen LogP contribution in [0.5, 0.6) is 5.75 Å². The molecule has 17 heavy (non-hydrogen) atoms. The van der Waals surface area contributed by atoms with Crippen molar-refractivity contribution in [3.05, 3.63) is 29.8 Å². The fourth-order valence-electron chi connectivity index (χ4n) is 1.11. The van der Waals surface area contributed by atoms with Crippen molar-refractivity contribution in [3.63, 3.8) is 0 Å². The summed E-state index contributed by atoms with van der Waals surface area (Å²) in [5, 5.41) is 0. The van der Waals surface area contributed by atoms with Crippen molar-refractivity contribution in [2.24, 2.45) is 5.92 Å². The van der Waals surface area contributed by atoms with E-state index >= 15 is 0 Å². The van der Waals surface area contributed by atoms with Gasteiger partial charge >= 0.3 is 11.9 Å². The molecule has 0 aliphatic rings. The van der Waals surface area contributed by atoms with E-state index in [1.54, 1.807) is 45.0 Å². The molecule has 4 nitrogen and oxygen atoms in total. The van der Waals surface area contributed by atoms with Crippen LogP contribution in [0.25, 0.3) is 0 Å². The van der Waals surface area contributed by atoms with E-state index < -0.39 is 0 Å². The quantitative estimate of drug-likeness (QED) is 0.595. The van der Waals surface area contributed by atoms with Crippen LogP contribution in [0.1, 0.15) is 31.1 Å². The molecule has 0 aliphatic heterocycles. The van der Waals surface area contributed by atoms with E-state index in [0.717, 1.165) is 0 Å². The first-order chi connectivity index (χ1) is 8.04. The summed E-state index contributed by atoms with van der Waals surface area (Å²) < 4.78 is 9.92. The molecule has 4 heteroatoms. The Labute approximate surface area is 101 Å². The van der Waals surface area contributed by atoms with E-state index in [2.05, 4.69) is 0 Å². The van der Waals surface area contributed by atoms with Crippen LogP contribution < -0.4 is 4.74 Å². The van der Waals surface area contributed by atoms with Gasteiger partial charge in [0.1, 0.15) is 5.75 Å². The number of carbonyl (C=O) groups is 2. The number of hydrogen-bond donors (Lipinski definition) is 0. The van der Waals surface area contributed by atoms with Crippen LogP contribution in [-0.2, 0) is 9.53 Å². The van der Waals surface area contributed by atoms with Crippen LogP contribution in [0.3, 0.4) is 0 Å². The number of ether oxygens (including phenoxy) is 2. The van der Waals surface area contributed by atoms with Crippen molar-refractivity contribution in [1.29, 1.82) is 0 Å². The van der Waals surface area contributed by atoms with Crippen molar-refractivity contribution in [2.75, 3.05) is 6.61 Å². The normalized spacial score (nSPS) is 10.1. The Morgan fingerprint density at radius 1 is 1.18 bits per heavy atom. The van der Waals surface area contributed by atoms with Gasteiger partial charge < -0.3 is 9.47 Å². The number of esters is 2. The van der Waals surface area contributed by atoms with Gasteiger partial charge in [-0.15, -0.1) is 0 Å². The second kappa shape index (κ2) is 6.03. The Kier molecular flexibility index (Phi) is 4.69. The molecule has 0 spiro atoms. The fraction of sp³-hybridized carbons (Fsp3) is 0.385. The maximum Gasteiger partial charge on any atom is 0.338 e. The summed E-state index contributed by atoms with van der Waals surface area (Å²) in [5.41, 5.74) is 0.441. The minimum absolute atomic E-state index is 0.181. The summed E-state index contributed by atoms with van der Waals surface area (Å²) in [6.45, 7) is 5.60. The maximum absolute atomic E-state index is 11.4. The highest BCUT2D eigenvalue weighted by Crippen LogP contribution is 2.14. The molecule has 1 aromatic carbocycles. The molecule has 92 valence electrons. The van der Waals surface area contributed by atoms with Crippen LogP contribution in [0.2, 0.25) is 0 Å². The summed E-state index contributed by atoms with van der Waals surface area (Å²) in [6, 6.07) is 6.29. The van der Waals surface area contributed by atoms with Gasteiger partial charge in [-0.1, -0.05) is 13.8 Å². The van der Waals surface area contributed by atoms with Gasteiger partial charge in [0.05, 0.1) is 18.1 Å². The fourth-order valence-corrected chi connectivity index (χ4v) is 1.11. The SMILES string of the molecule is CCOC(=O)c1ccc(OC(=O)C(C)C)cc1. The van der Waals surface area contributed by atoms with Gasteiger partial charge in [-0.25, -0.2) is 4.79 Å². The van der Waals surface area contributed by atoms with Gasteiger partial charge in [-0.3, -0.25) is 4.79 Å². The van der Waals surface area contributed by atoms with Gasteiger partial charge in [0.25, 0.3) is 0 Å². The molecule has 1 aromatic rings. The second-order valence-electron chi connectivity index (χ2n) is 3.82. The smallest absolute Gasteiger partial charge is 0.338 e. The van der Waals surface area contributed by atoms with Crippen molar-refractivity contribution in [1.82, 2.24) is 0 Å². The summed E-state index contributed by atoms with van der Waals surface area (Å²) >= 11 is 0. The lowest BCUT2D eigenvalue weighted by atomic mass is 10.2. The zero-order valence-electron chi connectivity index (χ0n) is 10.2. The Hall–Kier alpha value is -1.84. The van der Waals surface area contributed by atoms with Gasteiger partial charge in [0.15, 0.2) is 0 Å². The Balaban J connectivity index is 2.68. The van der Waals surface area contributed by atoms with Crippen LogP contribution >= 0.6 is 0 Å². The van der Waals surface area contributed by atoms with Crippen LogP contribution in [0, 0.1) is 5.92 Å². The molecule has 0 N–H and O–H groups in total. The molecular weight excluding hydrogens is 220 g/mol. The third kappa shape index (κ3) is 3.90. The molecule has 1 rings (SSSR count). The van der Waals surface area contributed by atoms with Crippen LogP contribution in [-0.4, -0.2) is 18.5 Å². The Bertz CT molecular complexity index is 392. The average molecular weight is 236 g/mol. The number of benzene rings is 1. The van der Waals surface area contributed by atoms with Crippen molar-refractivity contribution >= 4 is 11.9 Å². The highest BCUT2D eigenvalue weighted by atomic mass is 16.5. The maximum atomic E-state index is 11.4. The molecule has 0 aromatic heterocycles. The predicted molar refractivity (Wildman–Crippen MR) is 62.9 cm³/mol. The second-order valence-corrected chi connectivity index (χ2v) is 3.82. The van der Waals surface area contributed by atoms with E-state index in [1.807, 2.05) is 0 Å². The largest absolute Gasteiger partial charge is 0.462 e. The lowest BCUT2D eigenvalue weighted by molar-refractivity contribution is -0.137. The van der Waals surface area contributed by atoms with Gasteiger partial charge in [-0.05, 0) is 31.2 Å². The third-order valence-electron chi connectivity index (χ3n) is 2.06. The van der Waals surface area contributed by atoms with Crippen molar-refractivity contribution < 1.29 is 19.1 Å². The third-order valence-corrected chi connectivity index (χ3v) is 2.06. The Morgan fingerprint density at radius 2 is 1.76 bits per heavy atom. The van der Waals surface area contributed by atoms with E-state index in [-0.39, 0.29) is 17.9 Å². The summed E-state index contributed by atoms with van der Waals surface area (Å²) in [4.78, 5) is 22.7. The highest BCUT2D eigenvalue weighted by Gasteiger charge is 2.11. The molecule has 0 heterocycles.